The second kappa shape index (κ2) is 16.6. The molecule has 0 spiro atoms. The Labute approximate surface area is 373 Å². The zero-order valence-corrected chi connectivity index (χ0v) is 38.4. The summed E-state index contributed by atoms with van der Waals surface area (Å²) < 4.78 is 95.5. The highest BCUT2D eigenvalue weighted by atomic mass is 32.2. The van der Waals surface area contributed by atoms with Crippen LogP contribution in [0.5, 0.6) is 11.5 Å². The second-order valence-electron chi connectivity index (χ2n) is 18.5. The van der Waals surface area contributed by atoms with E-state index in [0.717, 1.165) is 17.3 Å². The summed E-state index contributed by atoms with van der Waals surface area (Å²) in [7, 11) is -2.55. The zero-order valence-electron chi connectivity index (χ0n) is 36.8. The Balaban J connectivity index is 1.26. The molecule has 5 atom stereocenters. The van der Waals surface area contributed by atoms with Crippen molar-refractivity contribution >= 4 is 55.7 Å². The number of likely N-dealkylation sites (tertiary alicyclic amines) is 1. The standard InChI is InChI=1S/C45H52F4N6O7S2/c1-10-25-20-44(25,41(58)54-64(59,60)43(8)15-16-43)53-38(56)33-18-27(21-55(33)40(57)37(42(5,6)7)50-26-11-13-30(46)29(17-26)45(47,48)49)62-35-19-31(39-52-32(22-63-39)23(2)3)51-36-24(4)34(61-9)14-12-28(35)36/h10-14,17,19,22-23,25,27,33,37,50H,1,15-16,18,20-21H2,2-9H3,(H,53,56)(H,54,58)/t25-,27-,33+,37-,44-/m1/s1. The van der Waals surface area contributed by atoms with E-state index in [9.17, 15) is 40.4 Å². The smallest absolute Gasteiger partial charge is 0.419 e. The highest BCUT2D eigenvalue weighted by molar-refractivity contribution is 7.91. The molecular weight excluding hydrogens is 877 g/mol. The number of rotatable bonds is 14. The van der Waals surface area contributed by atoms with Crippen molar-refractivity contribution < 1.29 is 49.8 Å². The number of amides is 3. The molecule has 1 aliphatic heterocycles. The highest BCUT2D eigenvalue weighted by Gasteiger charge is 2.63. The Morgan fingerprint density at radius 2 is 1.77 bits per heavy atom. The number of fused-ring (bicyclic) bond motifs is 1. The lowest BCUT2D eigenvalue weighted by molar-refractivity contribution is -0.141. The average Bonchev–Trinajstić information content (AvgIpc) is 4.00. The molecule has 3 heterocycles. The van der Waals surface area contributed by atoms with E-state index in [0.29, 0.717) is 58.1 Å². The number of pyridine rings is 1. The minimum atomic E-state index is -5.02. The molecule has 64 heavy (non-hydrogen) atoms. The maximum Gasteiger partial charge on any atom is 0.419 e. The van der Waals surface area contributed by atoms with Crippen molar-refractivity contribution in [1.82, 2.24) is 24.9 Å². The van der Waals surface area contributed by atoms with Crippen LogP contribution in [0.1, 0.15) is 90.0 Å². The molecule has 3 aliphatic rings. The number of benzene rings is 2. The van der Waals surface area contributed by atoms with Gasteiger partial charge in [0.2, 0.25) is 21.8 Å². The van der Waals surface area contributed by atoms with E-state index in [1.165, 1.54) is 29.2 Å². The summed E-state index contributed by atoms with van der Waals surface area (Å²) >= 11 is 1.41. The summed E-state index contributed by atoms with van der Waals surface area (Å²) in [6.07, 6.45) is -3.79. The van der Waals surface area contributed by atoms with Crippen molar-refractivity contribution in [2.24, 2.45) is 11.3 Å². The minimum Gasteiger partial charge on any atom is -0.496 e. The van der Waals surface area contributed by atoms with Crippen molar-refractivity contribution in [3.8, 4) is 22.2 Å². The van der Waals surface area contributed by atoms with E-state index in [-0.39, 0.29) is 31.0 Å². The molecule has 2 aromatic carbocycles. The number of nitrogens with one attached hydrogen (secondary N) is 3. The van der Waals surface area contributed by atoms with Gasteiger partial charge in [0.15, 0.2) is 0 Å². The van der Waals surface area contributed by atoms with Gasteiger partial charge < -0.3 is 25.0 Å². The van der Waals surface area contributed by atoms with Crippen LogP contribution in [-0.2, 0) is 30.6 Å². The first-order chi connectivity index (χ1) is 29.8. The number of aromatic nitrogens is 2. The molecule has 3 amide bonds. The van der Waals surface area contributed by atoms with Gasteiger partial charge in [-0.3, -0.25) is 19.1 Å². The van der Waals surface area contributed by atoms with E-state index >= 15 is 0 Å². The Morgan fingerprint density at radius 3 is 2.34 bits per heavy atom. The number of aryl methyl sites for hydroxylation is 1. The third-order valence-corrected chi connectivity index (χ3v) is 15.5. The quantitative estimate of drug-likeness (QED) is 0.0836. The average molecular weight is 929 g/mol. The van der Waals surface area contributed by atoms with Crippen molar-refractivity contribution in [2.75, 3.05) is 19.0 Å². The first kappa shape index (κ1) is 46.7. The normalized spacial score (nSPS) is 22.2. The molecule has 1 saturated heterocycles. The van der Waals surface area contributed by atoms with Gasteiger partial charge in [0.05, 0.1) is 35.2 Å². The predicted molar refractivity (Wildman–Crippen MR) is 235 cm³/mol. The second-order valence-corrected chi connectivity index (χ2v) is 21.6. The highest BCUT2D eigenvalue weighted by Crippen LogP contribution is 2.47. The number of carbonyl (C=O) groups excluding carboxylic acids is 3. The van der Waals surface area contributed by atoms with Gasteiger partial charge >= 0.3 is 6.18 Å². The zero-order chi connectivity index (χ0) is 46.9. The maximum absolute atomic E-state index is 14.9. The van der Waals surface area contributed by atoms with Crippen LogP contribution in [0.4, 0.5) is 23.2 Å². The summed E-state index contributed by atoms with van der Waals surface area (Å²) in [4.78, 5) is 54.4. The number of alkyl halides is 3. The lowest BCUT2D eigenvalue weighted by atomic mass is 9.85. The molecule has 3 fully saturated rings. The van der Waals surface area contributed by atoms with Gasteiger partial charge in [-0.2, -0.15) is 13.2 Å². The topological polar surface area (TPSA) is 169 Å². The third-order valence-electron chi connectivity index (χ3n) is 12.4. The number of thiazole rings is 1. The minimum absolute atomic E-state index is 0.0447. The predicted octanol–water partition coefficient (Wildman–Crippen LogP) is 7.89. The number of sulfonamides is 1. The molecule has 2 saturated carbocycles. The summed E-state index contributed by atoms with van der Waals surface area (Å²) in [5, 5.41) is 8.84. The summed E-state index contributed by atoms with van der Waals surface area (Å²) in [6, 6.07) is 5.03. The lowest BCUT2D eigenvalue weighted by Crippen LogP contribution is -2.59. The summed E-state index contributed by atoms with van der Waals surface area (Å²) in [5.74, 6) is -3.43. The molecule has 7 rings (SSSR count). The van der Waals surface area contributed by atoms with Crippen LogP contribution in [0.15, 0.2) is 54.4 Å². The first-order valence-corrected chi connectivity index (χ1v) is 23.2. The van der Waals surface area contributed by atoms with Crippen LogP contribution in [-0.4, -0.2) is 83.1 Å². The van der Waals surface area contributed by atoms with Crippen molar-refractivity contribution in [3.63, 3.8) is 0 Å². The molecule has 0 bridgehead atoms. The third kappa shape index (κ3) is 8.89. The Bertz CT molecular complexity index is 2640. The number of hydrogen-bond donors (Lipinski definition) is 3. The summed E-state index contributed by atoms with van der Waals surface area (Å²) in [5.41, 5.74) is -1.73. The first-order valence-electron chi connectivity index (χ1n) is 20.9. The van der Waals surface area contributed by atoms with Crippen LogP contribution in [0.3, 0.4) is 0 Å². The van der Waals surface area contributed by atoms with Gasteiger partial charge in [0.1, 0.15) is 51.7 Å². The molecule has 344 valence electrons. The van der Waals surface area contributed by atoms with Gasteiger partial charge in [0.25, 0.3) is 5.91 Å². The Morgan fingerprint density at radius 1 is 1.06 bits per heavy atom. The van der Waals surface area contributed by atoms with Crippen LogP contribution < -0.4 is 24.8 Å². The van der Waals surface area contributed by atoms with Gasteiger partial charge in [-0.1, -0.05) is 40.7 Å². The van der Waals surface area contributed by atoms with E-state index in [1.807, 2.05) is 26.2 Å². The van der Waals surface area contributed by atoms with E-state index < -0.39 is 85.1 Å². The lowest BCUT2D eigenvalue weighted by Gasteiger charge is -2.36. The number of halogens is 4. The molecule has 2 aliphatic carbocycles. The molecule has 2 aromatic heterocycles. The maximum atomic E-state index is 14.9. The fourth-order valence-corrected chi connectivity index (χ4v) is 10.2. The van der Waals surface area contributed by atoms with E-state index in [2.05, 4.69) is 21.9 Å². The Kier molecular flexibility index (Phi) is 12.1. The number of nitrogens with zero attached hydrogens (tertiary/aromatic N) is 3. The largest absolute Gasteiger partial charge is 0.496 e. The van der Waals surface area contributed by atoms with Gasteiger partial charge in [-0.15, -0.1) is 17.9 Å². The number of hydrogen-bond acceptors (Lipinski definition) is 11. The van der Waals surface area contributed by atoms with E-state index in [1.54, 1.807) is 46.1 Å². The fraction of sp³-hybridized carbons (Fsp3) is 0.489. The molecule has 13 nitrogen and oxygen atoms in total. The summed E-state index contributed by atoms with van der Waals surface area (Å²) in [6.45, 7) is 16.1. The number of ether oxygens (including phenoxy) is 2. The molecule has 19 heteroatoms. The monoisotopic (exact) mass is 928 g/mol. The van der Waals surface area contributed by atoms with Crippen molar-refractivity contribution in [1.29, 1.82) is 0 Å². The van der Waals surface area contributed by atoms with Crippen molar-refractivity contribution in [2.45, 2.75) is 115 Å². The van der Waals surface area contributed by atoms with E-state index in [4.69, 9.17) is 19.4 Å². The number of anilines is 1. The molecule has 0 radical (unpaired) electrons. The molecule has 0 unspecified atom stereocenters. The number of methoxy groups -OCH3 is 1. The molecular formula is C45H52F4N6O7S2. The van der Waals surface area contributed by atoms with Gasteiger partial charge in [-0.05, 0) is 74.8 Å². The van der Waals surface area contributed by atoms with Crippen LogP contribution in [0.2, 0.25) is 0 Å². The molecule has 3 N–H and O–H groups in total. The SMILES string of the molecule is C=C[C@@H]1C[C@]1(NC(=O)[C@@H]1C[C@@H](Oc2cc(-c3nc(C(C)C)cs3)nc3c(C)c(OC)ccc23)CN1C(=O)[C@@H](Nc1ccc(F)c(C(F)(F)F)c1)C(C)(C)C)C(=O)NS(=O)(=O)C1(C)CC1. The molecule has 4 aromatic rings. The number of carbonyl (C=O) groups is 3. The van der Waals surface area contributed by atoms with Crippen LogP contribution >= 0.6 is 11.3 Å². The van der Waals surface area contributed by atoms with Crippen LogP contribution in [0, 0.1) is 24.1 Å². The van der Waals surface area contributed by atoms with Crippen molar-refractivity contribution in [3.05, 3.63) is 77.1 Å². The fourth-order valence-electron chi connectivity index (χ4n) is 7.96. The van der Waals surface area contributed by atoms with Crippen LogP contribution in [0.25, 0.3) is 21.6 Å². The van der Waals surface area contributed by atoms with Gasteiger partial charge in [0, 0.05) is 40.4 Å². The van der Waals surface area contributed by atoms with Gasteiger partial charge in [-0.25, -0.2) is 22.8 Å². The Hall–Kier alpha value is -5.30.